The van der Waals surface area contributed by atoms with E-state index in [2.05, 4.69) is 20.2 Å². The van der Waals surface area contributed by atoms with E-state index in [1.165, 1.54) is 6.07 Å². The van der Waals surface area contributed by atoms with Gasteiger partial charge in [0, 0.05) is 50.4 Å². The van der Waals surface area contributed by atoms with Crippen LogP contribution in [-0.4, -0.2) is 67.9 Å². The Morgan fingerprint density at radius 3 is 2.96 bits per heavy atom. The lowest BCUT2D eigenvalue weighted by atomic mass is 10.1. The zero-order valence-electron chi connectivity index (χ0n) is 16.1. The number of aromatic amines is 1. The minimum Gasteiger partial charge on any atom is -0.375 e. The van der Waals surface area contributed by atoms with Crippen molar-refractivity contribution in [2.24, 2.45) is 4.99 Å². The maximum absolute atomic E-state index is 13.5. The summed E-state index contributed by atoms with van der Waals surface area (Å²) < 4.78 is 25.2. The summed E-state index contributed by atoms with van der Waals surface area (Å²) in [6.45, 7) is 3.87. The van der Waals surface area contributed by atoms with Crippen molar-refractivity contribution in [1.82, 2.24) is 15.2 Å². The Hall–Kier alpha value is -1.39. The molecule has 0 spiro atoms. The van der Waals surface area contributed by atoms with Gasteiger partial charge in [-0.05, 0) is 43.0 Å². The first kappa shape index (κ1) is 21.3. The Kier molecular flexibility index (Phi) is 7.53. The monoisotopic (exact) mass is 502 g/mol. The molecule has 1 aromatic heterocycles. The van der Waals surface area contributed by atoms with E-state index in [9.17, 15) is 4.39 Å². The summed E-state index contributed by atoms with van der Waals surface area (Å²) in [6.07, 6.45) is 5.24. The number of aromatic nitrogens is 1. The predicted octanol–water partition coefficient (Wildman–Crippen LogP) is 2.92. The zero-order chi connectivity index (χ0) is 18.6. The van der Waals surface area contributed by atoms with Crippen molar-refractivity contribution in [3.63, 3.8) is 0 Å². The van der Waals surface area contributed by atoms with Gasteiger partial charge in [0.15, 0.2) is 5.96 Å². The van der Waals surface area contributed by atoms with Crippen molar-refractivity contribution in [2.75, 3.05) is 39.9 Å². The number of ether oxygens (including phenoxy) is 2. The molecule has 2 fully saturated rings. The molecular formula is C20H28FIN4O2. The number of nitrogens with zero attached hydrogens (tertiary/aromatic N) is 2. The second kappa shape index (κ2) is 9.89. The molecule has 0 aliphatic carbocycles. The molecule has 0 saturated carbocycles. The van der Waals surface area contributed by atoms with Crippen molar-refractivity contribution >= 4 is 40.8 Å². The summed E-state index contributed by atoms with van der Waals surface area (Å²) in [5.74, 6) is 0.674. The molecule has 8 heteroatoms. The zero-order valence-corrected chi connectivity index (χ0v) is 18.4. The van der Waals surface area contributed by atoms with Crippen LogP contribution < -0.4 is 5.32 Å². The first-order chi connectivity index (χ1) is 13.2. The van der Waals surface area contributed by atoms with Crippen LogP contribution in [0.4, 0.5) is 4.39 Å². The Morgan fingerprint density at radius 2 is 2.18 bits per heavy atom. The van der Waals surface area contributed by atoms with E-state index in [0.717, 1.165) is 67.9 Å². The number of morpholine rings is 1. The van der Waals surface area contributed by atoms with E-state index >= 15 is 0 Å². The van der Waals surface area contributed by atoms with E-state index in [1.54, 1.807) is 19.2 Å². The fourth-order valence-corrected chi connectivity index (χ4v) is 3.99. The number of benzene rings is 1. The maximum atomic E-state index is 13.5. The third kappa shape index (κ3) is 4.77. The first-order valence-corrected chi connectivity index (χ1v) is 9.69. The van der Waals surface area contributed by atoms with Crippen LogP contribution in [0.1, 0.15) is 18.4 Å². The molecule has 28 heavy (non-hydrogen) atoms. The molecule has 4 rings (SSSR count). The third-order valence-electron chi connectivity index (χ3n) is 5.39. The quantitative estimate of drug-likeness (QED) is 0.384. The van der Waals surface area contributed by atoms with Crippen LogP contribution in [0.15, 0.2) is 29.4 Å². The van der Waals surface area contributed by atoms with Gasteiger partial charge in [0.25, 0.3) is 0 Å². The normalized spacial score (nSPS) is 23.1. The summed E-state index contributed by atoms with van der Waals surface area (Å²) in [5, 5.41) is 4.38. The molecular weight excluding hydrogens is 474 g/mol. The molecule has 2 saturated heterocycles. The summed E-state index contributed by atoms with van der Waals surface area (Å²) in [7, 11) is 1.81. The van der Waals surface area contributed by atoms with Gasteiger partial charge in [0.1, 0.15) is 11.9 Å². The number of fused-ring (bicyclic) bond motifs is 1. The van der Waals surface area contributed by atoms with Crippen LogP contribution in [0.5, 0.6) is 0 Å². The van der Waals surface area contributed by atoms with Gasteiger partial charge in [-0.25, -0.2) is 4.39 Å². The van der Waals surface area contributed by atoms with Gasteiger partial charge in [-0.2, -0.15) is 0 Å². The van der Waals surface area contributed by atoms with Crippen molar-refractivity contribution in [2.45, 2.75) is 31.5 Å². The number of rotatable bonds is 4. The summed E-state index contributed by atoms with van der Waals surface area (Å²) in [4.78, 5) is 9.88. The highest BCUT2D eigenvalue weighted by atomic mass is 127. The topological polar surface area (TPSA) is 61.9 Å². The Morgan fingerprint density at radius 1 is 1.32 bits per heavy atom. The van der Waals surface area contributed by atoms with Crippen LogP contribution in [0.25, 0.3) is 10.9 Å². The number of hydrogen-bond acceptors (Lipinski definition) is 3. The third-order valence-corrected chi connectivity index (χ3v) is 5.39. The molecule has 2 aliphatic heterocycles. The highest BCUT2D eigenvalue weighted by Crippen LogP contribution is 2.21. The molecule has 1 aromatic carbocycles. The van der Waals surface area contributed by atoms with Crippen LogP contribution in [-0.2, 0) is 15.9 Å². The summed E-state index contributed by atoms with van der Waals surface area (Å²) in [5.41, 5.74) is 2.06. The standard InChI is InChI=1S/C20H27FN4O2.HI/c1-22-20(25-8-10-27-19(13-25)18-3-2-9-26-18)23-7-6-14-12-24-17-5-4-15(21)11-16(14)17;/h4-5,11-12,18-19,24H,2-3,6-10,13H2,1H3,(H,22,23);1H. The first-order valence-electron chi connectivity index (χ1n) is 9.69. The van der Waals surface area contributed by atoms with Gasteiger partial charge in [-0.1, -0.05) is 0 Å². The molecule has 3 heterocycles. The lowest BCUT2D eigenvalue weighted by molar-refractivity contribution is -0.0816. The van der Waals surface area contributed by atoms with E-state index in [0.29, 0.717) is 6.61 Å². The molecule has 2 unspecified atom stereocenters. The number of aliphatic imine (C=N–C) groups is 1. The van der Waals surface area contributed by atoms with E-state index < -0.39 is 0 Å². The summed E-state index contributed by atoms with van der Waals surface area (Å²) >= 11 is 0. The predicted molar refractivity (Wildman–Crippen MR) is 119 cm³/mol. The maximum Gasteiger partial charge on any atom is 0.193 e. The lowest BCUT2D eigenvalue weighted by Crippen LogP contribution is -2.53. The Bertz CT molecular complexity index is 807. The second-order valence-corrected chi connectivity index (χ2v) is 7.13. The van der Waals surface area contributed by atoms with Crippen molar-refractivity contribution in [3.05, 3.63) is 35.8 Å². The smallest absolute Gasteiger partial charge is 0.193 e. The van der Waals surface area contributed by atoms with Crippen molar-refractivity contribution in [1.29, 1.82) is 0 Å². The number of H-pyrrole nitrogens is 1. The Labute approximate surface area is 181 Å². The highest BCUT2D eigenvalue weighted by Gasteiger charge is 2.32. The van der Waals surface area contributed by atoms with Gasteiger partial charge < -0.3 is 24.7 Å². The molecule has 0 bridgehead atoms. The Balaban J connectivity index is 0.00000225. The number of halogens is 2. The molecule has 2 atom stereocenters. The molecule has 2 N–H and O–H groups in total. The van der Waals surface area contributed by atoms with Crippen LogP contribution in [0.3, 0.4) is 0 Å². The molecule has 154 valence electrons. The van der Waals surface area contributed by atoms with Gasteiger partial charge in [0.2, 0.25) is 0 Å². The highest BCUT2D eigenvalue weighted by molar-refractivity contribution is 14.0. The van der Waals surface area contributed by atoms with E-state index in [1.807, 2.05) is 6.20 Å². The fourth-order valence-electron chi connectivity index (χ4n) is 3.99. The molecule has 6 nitrogen and oxygen atoms in total. The summed E-state index contributed by atoms with van der Waals surface area (Å²) in [6, 6.07) is 4.84. The van der Waals surface area contributed by atoms with Gasteiger partial charge >= 0.3 is 0 Å². The van der Waals surface area contributed by atoms with Crippen LogP contribution in [0, 0.1) is 5.82 Å². The minimum atomic E-state index is -0.208. The lowest BCUT2D eigenvalue weighted by Gasteiger charge is -2.37. The van der Waals surface area contributed by atoms with Gasteiger partial charge in [-0.3, -0.25) is 4.99 Å². The molecule has 2 aromatic rings. The number of nitrogens with one attached hydrogen (secondary N) is 2. The van der Waals surface area contributed by atoms with Crippen LogP contribution in [0.2, 0.25) is 0 Å². The SMILES string of the molecule is CN=C(NCCc1c[nH]c2ccc(F)cc12)N1CCOC(C2CCCO2)C1.I. The van der Waals surface area contributed by atoms with Gasteiger partial charge in [0.05, 0.1) is 12.7 Å². The fraction of sp³-hybridized carbons (Fsp3) is 0.550. The van der Waals surface area contributed by atoms with Crippen molar-refractivity contribution < 1.29 is 13.9 Å². The largest absolute Gasteiger partial charge is 0.375 e. The average Bonchev–Trinajstić information content (AvgIpc) is 3.36. The number of guanidine groups is 1. The molecule has 0 radical (unpaired) electrons. The minimum absolute atomic E-state index is 0. The van der Waals surface area contributed by atoms with Gasteiger partial charge in [-0.15, -0.1) is 24.0 Å². The average molecular weight is 502 g/mol. The van der Waals surface area contributed by atoms with Crippen LogP contribution >= 0.6 is 24.0 Å². The van der Waals surface area contributed by atoms with Crippen molar-refractivity contribution in [3.8, 4) is 0 Å². The molecule has 2 aliphatic rings. The number of hydrogen-bond donors (Lipinski definition) is 2. The molecule has 0 amide bonds. The van der Waals surface area contributed by atoms with E-state index in [4.69, 9.17) is 9.47 Å². The van der Waals surface area contributed by atoms with E-state index in [-0.39, 0.29) is 42.0 Å². The second-order valence-electron chi connectivity index (χ2n) is 7.13.